The van der Waals surface area contributed by atoms with Crippen molar-refractivity contribution in [2.24, 2.45) is 0 Å². The Kier molecular flexibility index (Phi) is 9.69. The van der Waals surface area contributed by atoms with Gasteiger partial charge < -0.3 is 25.5 Å². The van der Waals surface area contributed by atoms with Crippen LogP contribution in [0.25, 0.3) is 0 Å². The second-order valence-electron chi connectivity index (χ2n) is 9.05. The Balaban J connectivity index is 1.31. The van der Waals surface area contributed by atoms with Crippen molar-refractivity contribution in [3.05, 3.63) is 53.1 Å². The van der Waals surface area contributed by atoms with E-state index in [9.17, 15) is 15.3 Å². The summed E-state index contributed by atoms with van der Waals surface area (Å²) < 4.78 is 0. The number of aromatic hydroxyl groups is 3. The zero-order chi connectivity index (χ0) is 22.8. The number of phenols is 3. The van der Waals surface area contributed by atoms with E-state index in [-0.39, 0.29) is 11.5 Å². The van der Waals surface area contributed by atoms with E-state index in [0.29, 0.717) is 11.8 Å². The first kappa shape index (κ1) is 24.4. The zero-order valence-electron chi connectivity index (χ0n) is 19.5. The van der Waals surface area contributed by atoms with Crippen LogP contribution in [0.15, 0.2) is 36.4 Å². The van der Waals surface area contributed by atoms with E-state index in [4.69, 9.17) is 0 Å². The van der Waals surface area contributed by atoms with Crippen LogP contribution >= 0.6 is 0 Å². The third kappa shape index (κ3) is 6.88. The van der Waals surface area contributed by atoms with Gasteiger partial charge in [0.2, 0.25) is 0 Å². The van der Waals surface area contributed by atoms with Gasteiger partial charge in [0.1, 0.15) is 5.75 Å². The molecule has 0 amide bonds. The summed E-state index contributed by atoms with van der Waals surface area (Å²) in [4.78, 5) is 2.64. The van der Waals surface area contributed by atoms with Gasteiger partial charge in [-0.25, -0.2) is 0 Å². The number of benzene rings is 2. The Morgan fingerprint density at radius 1 is 0.906 bits per heavy atom. The molecule has 0 aliphatic heterocycles. The fourth-order valence-corrected chi connectivity index (χ4v) is 4.87. The van der Waals surface area contributed by atoms with E-state index in [1.807, 2.05) is 24.3 Å². The third-order valence-electron chi connectivity index (χ3n) is 6.68. The molecule has 0 radical (unpaired) electrons. The van der Waals surface area contributed by atoms with Gasteiger partial charge in [-0.05, 0) is 94.4 Å². The molecule has 5 heteroatoms. The molecule has 1 aliphatic carbocycles. The summed E-state index contributed by atoms with van der Waals surface area (Å²) in [6, 6.07) is 11.7. The fraction of sp³-hybridized carbons (Fsp3) is 0.556. The lowest BCUT2D eigenvalue weighted by molar-refractivity contribution is 0.175. The molecule has 0 saturated heterocycles. The molecule has 1 atom stereocenters. The number of rotatable bonds is 13. The van der Waals surface area contributed by atoms with Crippen molar-refractivity contribution in [2.45, 2.75) is 70.8 Å². The molecule has 3 rings (SSSR count). The number of phenolic OH excluding ortho intramolecular Hbond substituents is 3. The molecule has 1 aliphatic rings. The van der Waals surface area contributed by atoms with Crippen molar-refractivity contribution in [3.8, 4) is 17.2 Å². The highest BCUT2D eigenvalue weighted by Crippen LogP contribution is 2.36. The lowest BCUT2D eigenvalue weighted by atomic mass is 9.86. The Morgan fingerprint density at radius 2 is 1.72 bits per heavy atom. The lowest BCUT2D eigenvalue weighted by Crippen LogP contribution is -2.40. The molecule has 0 saturated carbocycles. The fourth-order valence-electron chi connectivity index (χ4n) is 4.87. The highest BCUT2D eigenvalue weighted by molar-refractivity contribution is 5.50. The smallest absolute Gasteiger partial charge is 0.160 e. The van der Waals surface area contributed by atoms with Crippen LogP contribution in [0.1, 0.15) is 62.1 Å². The predicted octanol–water partition coefficient (Wildman–Crippen LogP) is 4.77. The number of hydrogen-bond acceptors (Lipinski definition) is 5. The lowest BCUT2D eigenvalue weighted by Gasteiger charge is -2.35. The number of fused-ring (bicyclic) bond motifs is 1. The summed E-state index contributed by atoms with van der Waals surface area (Å²) >= 11 is 0. The summed E-state index contributed by atoms with van der Waals surface area (Å²) in [6.07, 6.45) is 9.77. The quantitative estimate of drug-likeness (QED) is 0.267. The minimum absolute atomic E-state index is 0.000293. The Morgan fingerprint density at radius 3 is 2.53 bits per heavy atom. The van der Waals surface area contributed by atoms with E-state index in [1.165, 1.54) is 31.2 Å². The number of para-hydroxylation sites is 1. The van der Waals surface area contributed by atoms with E-state index in [2.05, 4.69) is 17.1 Å². The van der Waals surface area contributed by atoms with Crippen molar-refractivity contribution >= 4 is 0 Å². The number of nitrogens with zero attached hydrogens (tertiary/aromatic N) is 1. The third-order valence-corrected chi connectivity index (χ3v) is 6.68. The van der Waals surface area contributed by atoms with E-state index < -0.39 is 0 Å². The van der Waals surface area contributed by atoms with Crippen molar-refractivity contribution in [1.82, 2.24) is 10.2 Å². The summed E-state index contributed by atoms with van der Waals surface area (Å²) in [5, 5.41) is 33.2. The topological polar surface area (TPSA) is 76.0 Å². The van der Waals surface area contributed by atoms with Crippen molar-refractivity contribution in [2.75, 3.05) is 26.2 Å². The maximum atomic E-state index is 10.1. The molecule has 0 fully saturated rings. The minimum Gasteiger partial charge on any atom is -0.508 e. The van der Waals surface area contributed by atoms with Gasteiger partial charge in [-0.1, -0.05) is 44.0 Å². The zero-order valence-corrected chi connectivity index (χ0v) is 19.5. The van der Waals surface area contributed by atoms with Crippen molar-refractivity contribution < 1.29 is 15.3 Å². The molecule has 0 heterocycles. The van der Waals surface area contributed by atoms with Crippen molar-refractivity contribution in [1.29, 1.82) is 0 Å². The van der Waals surface area contributed by atoms with Crippen molar-refractivity contribution in [3.63, 3.8) is 0 Å². The van der Waals surface area contributed by atoms with Crippen LogP contribution in [0, 0.1) is 0 Å². The minimum atomic E-state index is 0.000293. The highest BCUT2D eigenvalue weighted by Gasteiger charge is 2.26. The predicted molar refractivity (Wildman–Crippen MR) is 131 cm³/mol. The summed E-state index contributed by atoms with van der Waals surface area (Å²) in [7, 11) is 0. The molecular weight excluding hydrogens is 400 g/mol. The average Bonchev–Trinajstić information content (AvgIpc) is 2.80. The van der Waals surface area contributed by atoms with E-state index in [1.54, 1.807) is 12.1 Å². The van der Waals surface area contributed by atoms with Gasteiger partial charge in [-0.3, -0.25) is 0 Å². The summed E-state index contributed by atoms with van der Waals surface area (Å²) in [5.74, 6) is 0.472. The van der Waals surface area contributed by atoms with Crippen LogP contribution in [-0.4, -0.2) is 52.4 Å². The van der Waals surface area contributed by atoms with E-state index in [0.717, 1.165) is 69.4 Å². The molecule has 2 aromatic rings. The Bertz CT molecular complexity index is 840. The molecule has 0 aromatic heterocycles. The van der Waals surface area contributed by atoms with Gasteiger partial charge in [0.15, 0.2) is 11.5 Å². The van der Waals surface area contributed by atoms with Crippen LogP contribution in [0.4, 0.5) is 0 Å². The molecule has 0 bridgehead atoms. The molecule has 1 unspecified atom stereocenters. The molecule has 32 heavy (non-hydrogen) atoms. The maximum Gasteiger partial charge on any atom is 0.160 e. The molecule has 176 valence electrons. The first-order valence-corrected chi connectivity index (χ1v) is 12.3. The number of unbranched alkanes of at least 4 members (excludes halogenated alkanes) is 3. The van der Waals surface area contributed by atoms with Crippen LogP contribution in [-0.2, 0) is 19.3 Å². The SMILES string of the molecule is CCCN(CCCCCCNCCc1ccccc1O)C1CCc2c(ccc(O)c2O)C1. The van der Waals surface area contributed by atoms with Gasteiger partial charge in [0, 0.05) is 11.6 Å². The number of hydrogen-bond donors (Lipinski definition) is 4. The molecular formula is C27H40N2O3. The van der Waals surface area contributed by atoms with Gasteiger partial charge >= 0.3 is 0 Å². The normalized spacial score (nSPS) is 15.8. The largest absolute Gasteiger partial charge is 0.508 e. The Labute approximate surface area is 193 Å². The summed E-state index contributed by atoms with van der Waals surface area (Å²) in [5.41, 5.74) is 3.13. The van der Waals surface area contributed by atoms with Crippen LogP contribution in [0.2, 0.25) is 0 Å². The molecule has 0 spiro atoms. The summed E-state index contributed by atoms with van der Waals surface area (Å²) in [6.45, 7) is 6.44. The highest BCUT2D eigenvalue weighted by atomic mass is 16.3. The standard InChI is InChI=1S/C27H40N2O3/c1-2-18-29(23-12-13-24-22(20-23)11-14-26(31)27(24)32)19-8-4-3-7-16-28-17-15-21-9-5-6-10-25(21)30/h5-6,9-11,14,23,28,30-32H,2-4,7-8,12-13,15-20H2,1H3. The van der Waals surface area contributed by atoms with Gasteiger partial charge in [-0.15, -0.1) is 0 Å². The molecule has 4 N–H and O–H groups in total. The first-order chi connectivity index (χ1) is 15.6. The number of nitrogens with one attached hydrogen (secondary N) is 1. The van der Waals surface area contributed by atoms with Crippen LogP contribution in [0.3, 0.4) is 0 Å². The monoisotopic (exact) mass is 440 g/mol. The second kappa shape index (κ2) is 12.7. The van der Waals surface area contributed by atoms with Crippen LogP contribution in [0.5, 0.6) is 17.2 Å². The van der Waals surface area contributed by atoms with Gasteiger partial charge in [-0.2, -0.15) is 0 Å². The Hall–Kier alpha value is -2.24. The first-order valence-electron chi connectivity index (χ1n) is 12.3. The molecule has 2 aromatic carbocycles. The van der Waals surface area contributed by atoms with Gasteiger partial charge in [0.25, 0.3) is 0 Å². The van der Waals surface area contributed by atoms with Gasteiger partial charge in [0.05, 0.1) is 0 Å². The molecule has 5 nitrogen and oxygen atoms in total. The maximum absolute atomic E-state index is 10.1. The average molecular weight is 441 g/mol. The van der Waals surface area contributed by atoms with Crippen LogP contribution < -0.4 is 5.32 Å². The second-order valence-corrected chi connectivity index (χ2v) is 9.05. The van der Waals surface area contributed by atoms with E-state index >= 15 is 0 Å².